The Morgan fingerprint density at radius 2 is 2.15 bits per heavy atom. The van der Waals surface area contributed by atoms with Gasteiger partial charge in [-0.2, -0.15) is 0 Å². The van der Waals surface area contributed by atoms with Crippen LogP contribution in [0.1, 0.15) is 16.1 Å². The van der Waals surface area contributed by atoms with Crippen molar-refractivity contribution < 1.29 is 14.3 Å². The molecule has 134 valence electrons. The molecule has 0 saturated heterocycles. The summed E-state index contributed by atoms with van der Waals surface area (Å²) in [6, 6.07) is 9.62. The second kappa shape index (κ2) is 8.20. The zero-order chi connectivity index (χ0) is 18.5. The van der Waals surface area contributed by atoms with Crippen LogP contribution in [-0.4, -0.2) is 34.7 Å². The first-order chi connectivity index (χ1) is 12.6. The lowest BCUT2D eigenvalue weighted by Crippen LogP contribution is -2.13. The van der Waals surface area contributed by atoms with E-state index in [1.165, 1.54) is 30.2 Å². The Labute approximate surface area is 159 Å². The van der Waals surface area contributed by atoms with E-state index in [9.17, 15) is 9.59 Å². The van der Waals surface area contributed by atoms with Crippen molar-refractivity contribution in [3.8, 4) is 11.3 Å². The number of methoxy groups -OCH3 is 1. The van der Waals surface area contributed by atoms with Crippen LogP contribution < -0.4 is 5.32 Å². The number of aromatic nitrogens is 2. The Bertz CT molecular complexity index is 933. The summed E-state index contributed by atoms with van der Waals surface area (Å²) in [4.78, 5) is 32.0. The molecular formula is C18H17N3O3S2. The molecule has 0 aliphatic carbocycles. The molecule has 2 N–H and O–H groups in total. The second-order valence-corrected chi connectivity index (χ2v) is 7.31. The van der Waals surface area contributed by atoms with Gasteiger partial charge in [-0.05, 0) is 24.6 Å². The van der Waals surface area contributed by atoms with Crippen LogP contribution in [0, 0.1) is 6.92 Å². The zero-order valence-corrected chi connectivity index (χ0v) is 15.9. The smallest absolute Gasteiger partial charge is 0.354 e. The third-order valence-corrected chi connectivity index (χ3v) is 5.52. The predicted octanol–water partition coefficient (Wildman–Crippen LogP) is 3.96. The van der Waals surface area contributed by atoms with Gasteiger partial charge < -0.3 is 15.0 Å². The molecule has 0 radical (unpaired) electrons. The quantitative estimate of drug-likeness (QED) is 0.494. The van der Waals surface area contributed by atoms with Crippen molar-refractivity contribution in [1.29, 1.82) is 0 Å². The minimum atomic E-state index is -0.437. The summed E-state index contributed by atoms with van der Waals surface area (Å²) in [5.41, 5.74) is 2.95. The molecule has 2 heterocycles. The van der Waals surface area contributed by atoms with Crippen molar-refractivity contribution in [3.05, 3.63) is 53.2 Å². The lowest BCUT2D eigenvalue weighted by Gasteiger charge is -2.04. The molecule has 26 heavy (non-hydrogen) atoms. The summed E-state index contributed by atoms with van der Waals surface area (Å²) < 4.78 is 4.67. The molecule has 6 nitrogen and oxygen atoms in total. The third kappa shape index (κ3) is 4.33. The standard InChI is InChI=1S/C18H17N3O3S2/c1-11-5-3-4-6-15(11)25-10-16(22)21-18-20-14(9-26-18)12-7-13(19-8-12)17(23)24-2/h3-9,19H,10H2,1-2H3,(H,20,21,22). The molecule has 0 bridgehead atoms. The van der Waals surface area contributed by atoms with E-state index in [1.807, 2.05) is 36.6 Å². The molecule has 0 aliphatic rings. The third-order valence-electron chi connectivity index (χ3n) is 3.59. The highest BCUT2D eigenvalue weighted by Gasteiger charge is 2.13. The molecule has 1 amide bonds. The summed E-state index contributed by atoms with van der Waals surface area (Å²) in [5, 5.41) is 5.16. The number of thioether (sulfide) groups is 1. The predicted molar refractivity (Wildman–Crippen MR) is 104 cm³/mol. The number of carbonyl (C=O) groups is 2. The van der Waals surface area contributed by atoms with Gasteiger partial charge in [0.15, 0.2) is 5.13 Å². The van der Waals surface area contributed by atoms with Gasteiger partial charge in [-0.3, -0.25) is 4.79 Å². The number of benzene rings is 1. The average molecular weight is 387 g/mol. The van der Waals surface area contributed by atoms with Gasteiger partial charge >= 0.3 is 5.97 Å². The molecule has 3 rings (SSSR count). The molecule has 0 spiro atoms. The van der Waals surface area contributed by atoms with Crippen LogP contribution in [0.5, 0.6) is 0 Å². The number of ether oxygens (including phenoxy) is 1. The number of amides is 1. The Kier molecular flexibility index (Phi) is 5.75. The second-order valence-electron chi connectivity index (χ2n) is 5.43. The van der Waals surface area contributed by atoms with Gasteiger partial charge in [-0.25, -0.2) is 9.78 Å². The number of carbonyl (C=O) groups excluding carboxylic acids is 2. The van der Waals surface area contributed by atoms with Crippen LogP contribution in [0.4, 0.5) is 5.13 Å². The zero-order valence-electron chi connectivity index (χ0n) is 14.2. The summed E-state index contributed by atoms with van der Waals surface area (Å²) in [7, 11) is 1.33. The van der Waals surface area contributed by atoms with E-state index < -0.39 is 5.97 Å². The molecule has 0 atom stereocenters. The highest BCUT2D eigenvalue weighted by Crippen LogP contribution is 2.26. The minimum Gasteiger partial charge on any atom is -0.464 e. The number of thiazole rings is 1. The van der Waals surface area contributed by atoms with Gasteiger partial charge in [-0.1, -0.05) is 18.2 Å². The van der Waals surface area contributed by atoms with E-state index in [0.717, 1.165) is 16.0 Å². The van der Waals surface area contributed by atoms with Crippen molar-refractivity contribution in [2.75, 3.05) is 18.2 Å². The molecule has 0 saturated carbocycles. The monoisotopic (exact) mass is 387 g/mol. The number of nitrogens with one attached hydrogen (secondary N) is 2. The Balaban J connectivity index is 1.59. The summed E-state index contributed by atoms with van der Waals surface area (Å²) >= 11 is 2.83. The Hall–Kier alpha value is -2.58. The summed E-state index contributed by atoms with van der Waals surface area (Å²) in [5.74, 6) is -0.229. The molecule has 8 heteroatoms. The number of aryl methyl sites for hydroxylation is 1. The molecule has 0 unspecified atom stereocenters. The van der Waals surface area contributed by atoms with E-state index >= 15 is 0 Å². The van der Waals surface area contributed by atoms with E-state index in [0.29, 0.717) is 22.3 Å². The van der Waals surface area contributed by atoms with Gasteiger partial charge in [0.25, 0.3) is 0 Å². The van der Waals surface area contributed by atoms with Gasteiger partial charge in [0.2, 0.25) is 5.91 Å². The van der Waals surface area contributed by atoms with E-state index in [-0.39, 0.29) is 5.91 Å². The fourth-order valence-corrected chi connectivity index (χ4v) is 3.82. The van der Waals surface area contributed by atoms with E-state index in [1.54, 1.807) is 12.3 Å². The number of aromatic amines is 1. The maximum Gasteiger partial charge on any atom is 0.354 e. The first-order valence-corrected chi connectivity index (χ1v) is 9.64. The largest absolute Gasteiger partial charge is 0.464 e. The lowest BCUT2D eigenvalue weighted by atomic mass is 10.2. The van der Waals surface area contributed by atoms with Crippen molar-refractivity contribution in [2.45, 2.75) is 11.8 Å². The van der Waals surface area contributed by atoms with Gasteiger partial charge in [0.05, 0.1) is 18.6 Å². The fraction of sp³-hybridized carbons (Fsp3) is 0.167. The maximum absolute atomic E-state index is 12.1. The first-order valence-electron chi connectivity index (χ1n) is 7.77. The Morgan fingerprint density at radius 3 is 2.92 bits per heavy atom. The highest BCUT2D eigenvalue weighted by atomic mass is 32.2. The van der Waals surface area contributed by atoms with Crippen LogP contribution in [0.25, 0.3) is 11.3 Å². The molecule has 0 aliphatic heterocycles. The van der Waals surface area contributed by atoms with Crippen molar-refractivity contribution in [3.63, 3.8) is 0 Å². The van der Waals surface area contributed by atoms with Crippen LogP contribution in [0.2, 0.25) is 0 Å². The van der Waals surface area contributed by atoms with Gasteiger partial charge in [-0.15, -0.1) is 23.1 Å². The summed E-state index contributed by atoms with van der Waals surface area (Å²) in [6.45, 7) is 2.02. The number of hydrogen-bond acceptors (Lipinski definition) is 6. The normalized spacial score (nSPS) is 10.5. The Morgan fingerprint density at radius 1 is 1.35 bits per heavy atom. The number of rotatable bonds is 6. The van der Waals surface area contributed by atoms with Crippen LogP contribution in [-0.2, 0) is 9.53 Å². The number of esters is 1. The average Bonchev–Trinajstić information content (AvgIpc) is 3.29. The first kappa shape index (κ1) is 18.2. The summed E-state index contributed by atoms with van der Waals surface area (Å²) in [6.07, 6.45) is 1.68. The van der Waals surface area contributed by atoms with Gasteiger partial charge in [0, 0.05) is 22.0 Å². The minimum absolute atomic E-state index is 0.108. The van der Waals surface area contributed by atoms with Crippen LogP contribution in [0.3, 0.4) is 0 Å². The van der Waals surface area contributed by atoms with Crippen LogP contribution >= 0.6 is 23.1 Å². The number of anilines is 1. The maximum atomic E-state index is 12.1. The van der Waals surface area contributed by atoms with Crippen molar-refractivity contribution in [2.24, 2.45) is 0 Å². The topological polar surface area (TPSA) is 84.1 Å². The van der Waals surface area contributed by atoms with Crippen molar-refractivity contribution >= 4 is 40.1 Å². The molecule has 2 aromatic heterocycles. The van der Waals surface area contributed by atoms with Crippen molar-refractivity contribution in [1.82, 2.24) is 9.97 Å². The highest BCUT2D eigenvalue weighted by molar-refractivity contribution is 8.00. The van der Waals surface area contributed by atoms with E-state index in [2.05, 4.69) is 20.0 Å². The number of H-pyrrole nitrogens is 1. The van der Waals surface area contributed by atoms with Gasteiger partial charge in [0.1, 0.15) is 5.69 Å². The number of nitrogens with zero attached hydrogens (tertiary/aromatic N) is 1. The molecular weight excluding hydrogens is 370 g/mol. The van der Waals surface area contributed by atoms with E-state index in [4.69, 9.17) is 0 Å². The molecule has 3 aromatic rings. The number of hydrogen-bond donors (Lipinski definition) is 2. The SMILES string of the molecule is COC(=O)c1cc(-c2csc(NC(=O)CSc3ccccc3C)n2)c[nH]1. The fourth-order valence-electron chi connectivity index (χ4n) is 2.25. The molecule has 1 aromatic carbocycles. The lowest BCUT2D eigenvalue weighted by molar-refractivity contribution is -0.113. The van der Waals surface area contributed by atoms with Crippen LogP contribution in [0.15, 0.2) is 46.8 Å². The molecule has 0 fully saturated rings.